The molecule has 27 heavy (non-hydrogen) atoms. The van der Waals surface area contributed by atoms with E-state index < -0.39 is 0 Å². The van der Waals surface area contributed by atoms with E-state index in [0.717, 1.165) is 5.75 Å². The summed E-state index contributed by atoms with van der Waals surface area (Å²) in [5.74, 6) is 1.38. The van der Waals surface area contributed by atoms with Crippen LogP contribution in [0.25, 0.3) is 0 Å². The maximum atomic E-state index is 5.45. The third kappa shape index (κ3) is 3.43. The number of benzene rings is 2. The molecule has 0 aromatic heterocycles. The number of ether oxygens (including phenoxy) is 1. The van der Waals surface area contributed by atoms with Gasteiger partial charge in [-0.25, -0.2) is 0 Å². The lowest BCUT2D eigenvalue weighted by Gasteiger charge is -2.38. The fraction of sp³-hybridized carbons (Fsp3) is 0.417. The van der Waals surface area contributed by atoms with Gasteiger partial charge in [-0.15, -0.1) is 0 Å². The van der Waals surface area contributed by atoms with Gasteiger partial charge in [0.05, 0.1) is 7.11 Å². The average Bonchev–Trinajstić information content (AvgIpc) is 2.97. The van der Waals surface area contributed by atoms with E-state index in [9.17, 15) is 0 Å². The summed E-state index contributed by atoms with van der Waals surface area (Å²) >= 11 is 0. The first-order valence-electron chi connectivity index (χ1n) is 9.72. The summed E-state index contributed by atoms with van der Waals surface area (Å²) in [7, 11) is 1.73. The summed E-state index contributed by atoms with van der Waals surface area (Å²) in [6.07, 6.45) is 4.71. The van der Waals surface area contributed by atoms with Gasteiger partial charge in [-0.2, -0.15) is 0 Å². The van der Waals surface area contributed by atoms with Crippen molar-refractivity contribution in [3.8, 4) is 5.75 Å². The van der Waals surface area contributed by atoms with Gasteiger partial charge in [0.2, 0.25) is 0 Å². The fourth-order valence-electron chi connectivity index (χ4n) is 4.53. The van der Waals surface area contributed by atoms with Gasteiger partial charge in [0, 0.05) is 23.8 Å². The van der Waals surface area contributed by atoms with E-state index in [-0.39, 0.29) is 6.17 Å². The molecule has 0 fully saturated rings. The van der Waals surface area contributed by atoms with Crippen LogP contribution >= 0.6 is 0 Å². The van der Waals surface area contributed by atoms with Crippen LogP contribution in [0.15, 0.2) is 36.7 Å². The molecule has 0 saturated heterocycles. The molecule has 0 spiro atoms. The summed E-state index contributed by atoms with van der Waals surface area (Å²) in [6, 6.07) is 8.80. The lowest BCUT2D eigenvalue weighted by molar-refractivity contribution is 0.414. The Morgan fingerprint density at radius 1 is 0.741 bits per heavy atom. The number of anilines is 2. The Morgan fingerprint density at radius 2 is 1.15 bits per heavy atom. The van der Waals surface area contributed by atoms with E-state index in [0.29, 0.717) is 5.92 Å². The van der Waals surface area contributed by atoms with Gasteiger partial charge in [0.1, 0.15) is 11.9 Å². The third-order valence-electron chi connectivity index (χ3n) is 5.41. The van der Waals surface area contributed by atoms with Crippen molar-refractivity contribution < 1.29 is 4.74 Å². The second-order valence-electron chi connectivity index (χ2n) is 8.13. The summed E-state index contributed by atoms with van der Waals surface area (Å²) in [4.78, 5) is 4.87. The number of rotatable bonds is 4. The van der Waals surface area contributed by atoms with Gasteiger partial charge < -0.3 is 14.5 Å². The highest BCUT2D eigenvalue weighted by Crippen LogP contribution is 2.39. The maximum Gasteiger partial charge on any atom is 0.119 e. The molecule has 3 heteroatoms. The van der Waals surface area contributed by atoms with Crippen LogP contribution in [0.5, 0.6) is 5.75 Å². The van der Waals surface area contributed by atoms with E-state index in [4.69, 9.17) is 4.74 Å². The summed E-state index contributed by atoms with van der Waals surface area (Å²) in [5.41, 5.74) is 9.04. The van der Waals surface area contributed by atoms with E-state index in [1.807, 2.05) is 0 Å². The Labute approximate surface area is 164 Å². The highest BCUT2D eigenvalue weighted by Gasteiger charge is 2.33. The van der Waals surface area contributed by atoms with Crippen LogP contribution in [0.4, 0.5) is 11.4 Å². The van der Waals surface area contributed by atoms with E-state index in [2.05, 4.69) is 94.9 Å². The van der Waals surface area contributed by atoms with Crippen LogP contribution in [-0.2, 0) is 0 Å². The summed E-state index contributed by atoms with van der Waals surface area (Å²) in [5, 5.41) is 0. The van der Waals surface area contributed by atoms with Crippen molar-refractivity contribution in [1.82, 2.24) is 0 Å². The smallest absolute Gasteiger partial charge is 0.119 e. The molecule has 0 radical (unpaired) electrons. The topological polar surface area (TPSA) is 15.7 Å². The normalized spacial score (nSPS) is 16.6. The number of nitrogens with zero attached hydrogens (tertiary/aromatic N) is 2. The van der Waals surface area contributed by atoms with Crippen LogP contribution in [0, 0.1) is 40.5 Å². The van der Waals surface area contributed by atoms with Crippen molar-refractivity contribution in [1.29, 1.82) is 0 Å². The predicted molar refractivity (Wildman–Crippen MR) is 116 cm³/mol. The van der Waals surface area contributed by atoms with Crippen molar-refractivity contribution in [2.75, 3.05) is 16.9 Å². The first-order valence-corrected chi connectivity index (χ1v) is 9.72. The molecule has 0 amide bonds. The quantitative estimate of drug-likeness (QED) is 0.660. The van der Waals surface area contributed by atoms with Gasteiger partial charge in [0.15, 0.2) is 0 Å². The number of hydrogen-bond donors (Lipinski definition) is 0. The van der Waals surface area contributed by atoms with E-state index in [1.54, 1.807) is 7.11 Å². The molecule has 2 aromatic rings. The maximum absolute atomic E-state index is 5.45. The number of methoxy groups -OCH3 is 1. The molecule has 144 valence electrons. The lowest BCUT2D eigenvalue weighted by Crippen LogP contribution is -2.44. The Hall–Kier alpha value is -2.42. The van der Waals surface area contributed by atoms with Crippen LogP contribution in [0.2, 0.25) is 0 Å². The second kappa shape index (κ2) is 7.30. The van der Waals surface area contributed by atoms with Gasteiger partial charge >= 0.3 is 0 Å². The highest BCUT2D eigenvalue weighted by molar-refractivity contribution is 5.71. The van der Waals surface area contributed by atoms with Crippen LogP contribution in [-0.4, -0.2) is 13.3 Å². The van der Waals surface area contributed by atoms with Crippen LogP contribution in [0.3, 0.4) is 0 Å². The summed E-state index contributed by atoms with van der Waals surface area (Å²) in [6.45, 7) is 15.5. The SMILES string of the molecule is COc1cc(C)c(N2C=CN(c3c(C)cc(C)cc3C)C2C(C)C)c(C)c1. The Morgan fingerprint density at radius 3 is 1.52 bits per heavy atom. The average molecular weight is 365 g/mol. The fourth-order valence-corrected chi connectivity index (χ4v) is 4.53. The van der Waals surface area contributed by atoms with Gasteiger partial charge in [-0.3, -0.25) is 0 Å². The molecule has 1 heterocycles. The molecule has 0 saturated carbocycles. The Balaban J connectivity index is 2.08. The first-order chi connectivity index (χ1) is 12.7. The molecule has 1 aliphatic rings. The van der Waals surface area contributed by atoms with Crippen LogP contribution < -0.4 is 14.5 Å². The lowest BCUT2D eigenvalue weighted by atomic mass is 10.0. The van der Waals surface area contributed by atoms with Gasteiger partial charge in [-0.05, 0) is 74.9 Å². The molecule has 0 aliphatic carbocycles. The predicted octanol–water partition coefficient (Wildman–Crippen LogP) is 6.02. The largest absolute Gasteiger partial charge is 0.497 e. The standard InChI is InChI=1S/C24H32N2O/c1-15(2)24-25(22-17(4)11-16(3)12-18(22)5)9-10-26(24)23-19(6)13-21(27-8)14-20(23)7/h9-15,24H,1-8H3. The van der Waals surface area contributed by atoms with Gasteiger partial charge in [-0.1, -0.05) is 31.5 Å². The van der Waals surface area contributed by atoms with Crippen molar-refractivity contribution in [2.24, 2.45) is 5.92 Å². The molecule has 3 rings (SSSR count). The molecule has 1 aliphatic heterocycles. The van der Waals surface area contributed by atoms with E-state index >= 15 is 0 Å². The van der Waals surface area contributed by atoms with Gasteiger partial charge in [0.25, 0.3) is 0 Å². The molecule has 3 nitrogen and oxygen atoms in total. The zero-order chi connectivity index (χ0) is 19.9. The molecular weight excluding hydrogens is 332 g/mol. The minimum Gasteiger partial charge on any atom is -0.497 e. The van der Waals surface area contributed by atoms with E-state index in [1.165, 1.54) is 39.2 Å². The molecular formula is C24H32N2O. The molecule has 0 N–H and O–H groups in total. The minimum absolute atomic E-state index is 0.246. The van der Waals surface area contributed by atoms with Crippen molar-refractivity contribution in [2.45, 2.75) is 54.6 Å². The number of hydrogen-bond acceptors (Lipinski definition) is 3. The third-order valence-corrected chi connectivity index (χ3v) is 5.41. The molecule has 1 unspecified atom stereocenters. The van der Waals surface area contributed by atoms with Crippen molar-refractivity contribution in [3.05, 3.63) is 64.5 Å². The summed E-state index contributed by atoms with van der Waals surface area (Å²) < 4.78 is 5.45. The van der Waals surface area contributed by atoms with Crippen molar-refractivity contribution in [3.63, 3.8) is 0 Å². The monoisotopic (exact) mass is 364 g/mol. The zero-order valence-electron chi connectivity index (χ0n) is 17.9. The first kappa shape index (κ1) is 19.3. The van der Waals surface area contributed by atoms with Crippen molar-refractivity contribution >= 4 is 11.4 Å². The minimum atomic E-state index is 0.246. The Kier molecular flexibility index (Phi) is 5.23. The second-order valence-corrected chi connectivity index (χ2v) is 8.13. The molecule has 1 atom stereocenters. The molecule has 2 aromatic carbocycles. The zero-order valence-corrected chi connectivity index (χ0v) is 17.9. The number of aryl methyl sites for hydroxylation is 5. The van der Waals surface area contributed by atoms with Crippen LogP contribution in [0.1, 0.15) is 41.7 Å². The molecule has 0 bridgehead atoms. The highest BCUT2D eigenvalue weighted by atomic mass is 16.5. The Bertz CT molecular complexity index is 836.